The van der Waals surface area contributed by atoms with Crippen LogP contribution in [0.2, 0.25) is 0 Å². The van der Waals surface area contributed by atoms with Gasteiger partial charge >= 0.3 is 0 Å². The fourth-order valence-corrected chi connectivity index (χ4v) is 2.34. The minimum atomic E-state index is 0.327. The Labute approximate surface area is 94.6 Å². The predicted octanol–water partition coefficient (Wildman–Crippen LogP) is 1.75. The third-order valence-corrected chi connectivity index (χ3v) is 3.09. The Balaban J connectivity index is 2.35. The Hall–Kier alpha value is -2.26. The molecule has 5 nitrogen and oxygen atoms in total. The van der Waals surface area contributed by atoms with Crippen LogP contribution in [-0.2, 0) is 0 Å². The van der Waals surface area contributed by atoms with Crippen LogP contribution in [0.5, 0.6) is 0 Å². The second-order valence-electron chi connectivity index (χ2n) is 3.06. The van der Waals surface area contributed by atoms with Crippen molar-refractivity contribution in [1.29, 1.82) is 5.26 Å². The second kappa shape index (κ2) is 3.40. The van der Waals surface area contributed by atoms with Crippen molar-refractivity contribution in [2.45, 2.75) is 0 Å². The average Bonchev–Trinajstić information content (AvgIpc) is 2.96. The number of nitriles is 1. The zero-order valence-electron chi connectivity index (χ0n) is 8.03. The summed E-state index contributed by atoms with van der Waals surface area (Å²) in [7, 11) is 0. The molecule has 16 heavy (non-hydrogen) atoms. The number of hydrogen-bond donors (Lipinski definition) is 0. The maximum atomic E-state index is 8.92. The highest BCUT2D eigenvalue weighted by Gasteiger charge is 2.10. The molecule has 3 aromatic rings. The number of nitrogens with zero attached hydrogens (tertiary/aromatic N) is 5. The molecule has 0 saturated carbocycles. The highest BCUT2D eigenvalue weighted by molar-refractivity contribution is 7.17. The van der Waals surface area contributed by atoms with E-state index in [1.165, 1.54) is 6.33 Å². The molecule has 0 atom stereocenters. The molecule has 0 radical (unpaired) electrons. The summed E-state index contributed by atoms with van der Waals surface area (Å²) in [5.74, 6) is 1.03. The van der Waals surface area contributed by atoms with Crippen molar-refractivity contribution in [2.24, 2.45) is 0 Å². The quantitative estimate of drug-likeness (QED) is 0.635. The third-order valence-electron chi connectivity index (χ3n) is 2.19. The second-order valence-corrected chi connectivity index (χ2v) is 3.98. The fourth-order valence-electron chi connectivity index (χ4n) is 1.50. The van der Waals surface area contributed by atoms with Gasteiger partial charge in [0.25, 0.3) is 0 Å². The molecule has 0 amide bonds. The number of hydrogen-bond acceptors (Lipinski definition) is 5. The van der Waals surface area contributed by atoms with Gasteiger partial charge in [-0.05, 0) is 11.4 Å². The Morgan fingerprint density at radius 1 is 1.31 bits per heavy atom. The normalized spacial score (nSPS) is 10.4. The maximum Gasteiger partial charge on any atom is 0.218 e. The van der Waals surface area contributed by atoms with Crippen molar-refractivity contribution in [3.63, 3.8) is 0 Å². The van der Waals surface area contributed by atoms with Gasteiger partial charge in [-0.1, -0.05) is 0 Å². The molecular weight excluding hydrogens is 222 g/mol. The third kappa shape index (κ3) is 1.19. The van der Waals surface area contributed by atoms with Gasteiger partial charge in [-0.2, -0.15) is 5.26 Å². The van der Waals surface area contributed by atoms with E-state index in [9.17, 15) is 0 Å². The van der Waals surface area contributed by atoms with E-state index in [0.717, 1.165) is 10.2 Å². The molecule has 3 aromatic heterocycles. The molecule has 3 heterocycles. The van der Waals surface area contributed by atoms with Crippen LogP contribution in [0.4, 0.5) is 0 Å². The summed E-state index contributed by atoms with van der Waals surface area (Å²) < 4.78 is 2.62. The molecule has 0 aliphatic rings. The zero-order chi connectivity index (χ0) is 11.0. The van der Waals surface area contributed by atoms with Gasteiger partial charge in [-0.3, -0.25) is 4.57 Å². The van der Waals surface area contributed by atoms with E-state index in [-0.39, 0.29) is 0 Å². The van der Waals surface area contributed by atoms with Crippen LogP contribution in [0.25, 0.3) is 16.0 Å². The van der Waals surface area contributed by atoms with Gasteiger partial charge in [0.1, 0.15) is 12.4 Å². The van der Waals surface area contributed by atoms with Crippen molar-refractivity contribution in [2.75, 3.05) is 0 Å². The van der Waals surface area contributed by atoms with Crippen LogP contribution in [0, 0.1) is 11.3 Å². The van der Waals surface area contributed by atoms with Gasteiger partial charge in [0, 0.05) is 12.4 Å². The lowest BCUT2D eigenvalue weighted by Crippen LogP contribution is -1.99. The summed E-state index contributed by atoms with van der Waals surface area (Å²) in [6.07, 6.45) is 4.80. The van der Waals surface area contributed by atoms with Crippen molar-refractivity contribution < 1.29 is 0 Å². The molecule has 0 unspecified atom stereocenters. The van der Waals surface area contributed by atoms with E-state index < -0.39 is 0 Å². The summed E-state index contributed by atoms with van der Waals surface area (Å²) in [5.41, 5.74) is 0.882. The van der Waals surface area contributed by atoms with Gasteiger partial charge in [0.05, 0.1) is 10.2 Å². The maximum absolute atomic E-state index is 8.92. The Kier molecular flexibility index (Phi) is 1.91. The number of thiophene rings is 1. The highest BCUT2D eigenvalue weighted by atomic mass is 32.1. The fraction of sp³-hybridized carbons (Fsp3) is 0. The first-order chi connectivity index (χ1) is 7.90. The molecule has 0 saturated heterocycles. The van der Waals surface area contributed by atoms with E-state index >= 15 is 0 Å². The standard InChI is InChI=1S/C10H5N5S/c11-5-8-12-2-3-15(8)10-9-7(1-4-16-9)13-6-14-10/h1-4,6H. The predicted molar refractivity (Wildman–Crippen MR) is 59.3 cm³/mol. The molecule has 0 spiro atoms. The van der Waals surface area contributed by atoms with Gasteiger partial charge in [0.15, 0.2) is 5.82 Å². The SMILES string of the molecule is N#Cc1nccn1-c1ncnc2ccsc12. The van der Waals surface area contributed by atoms with Crippen molar-refractivity contribution in [1.82, 2.24) is 19.5 Å². The van der Waals surface area contributed by atoms with Gasteiger partial charge in [-0.15, -0.1) is 11.3 Å². The molecular formula is C10H5N5S. The number of rotatable bonds is 1. The lowest BCUT2D eigenvalue weighted by molar-refractivity contribution is 0.971. The van der Waals surface area contributed by atoms with Gasteiger partial charge in [0.2, 0.25) is 5.82 Å². The van der Waals surface area contributed by atoms with Crippen LogP contribution in [0.3, 0.4) is 0 Å². The van der Waals surface area contributed by atoms with E-state index in [0.29, 0.717) is 11.6 Å². The smallest absolute Gasteiger partial charge is 0.218 e. The van der Waals surface area contributed by atoms with Crippen LogP contribution < -0.4 is 0 Å². The van der Waals surface area contributed by atoms with E-state index in [1.807, 2.05) is 17.5 Å². The van der Waals surface area contributed by atoms with Crippen LogP contribution >= 0.6 is 11.3 Å². The minimum Gasteiger partial charge on any atom is -0.274 e. The van der Waals surface area contributed by atoms with Crippen molar-refractivity contribution in [3.8, 4) is 11.9 Å². The Morgan fingerprint density at radius 3 is 3.12 bits per heavy atom. The summed E-state index contributed by atoms with van der Waals surface area (Å²) in [5, 5.41) is 10.9. The molecule has 0 bridgehead atoms. The molecule has 6 heteroatoms. The first-order valence-electron chi connectivity index (χ1n) is 4.52. The molecule has 76 valence electrons. The lowest BCUT2D eigenvalue weighted by atomic mass is 10.4. The average molecular weight is 227 g/mol. The van der Waals surface area contributed by atoms with E-state index in [2.05, 4.69) is 15.0 Å². The molecule has 0 aliphatic heterocycles. The Bertz CT molecular complexity index is 690. The van der Waals surface area contributed by atoms with Gasteiger partial charge < -0.3 is 0 Å². The molecule has 0 aliphatic carbocycles. The molecule has 3 rings (SSSR count). The summed E-state index contributed by atoms with van der Waals surface area (Å²) >= 11 is 1.55. The molecule has 0 N–H and O–H groups in total. The number of fused-ring (bicyclic) bond motifs is 1. The monoisotopic (exact) mass is 227 g/mol. The summed E-state index contributed by atoms with van der Waals surface area (Å²) in [6.45, 7) is 0. The first kappa shape index (κ1) is 9.00. The van der Waals surface area contributed by atoms with Crippen molar-refractivity contribution >= 4 is 21.6 Å². The Morgan fingerprint density at radius 2 is 2.25 bits per heavy atom. The van der Waals surface area contributed by atoms with Gasteiger partial charge in [-0.25, -0.2) is 15.0 Å². The highest BCUT2D eigenvalue weighted by Crippen LogP contribution is 2.24. The van der Waals surface area contributed by atoms with Crippen LogP contribution in [0.15, 0.2) is 30.2 Å². The molecule has 0 fully saturated rings. The molecule has 0 aromatic carbocycles. The van der Waals surface area contributed by atoms with Crippen molar-refractivity contribution in [3.05, 3.63) is 36.0 Å². The minimum absolute atomic E-state index is 0.327. The summed E-state index contributed by atoms with van der Waals surface area (Å²) in [6, 6.07) is 3.95. The van der Waals surface area contributed by atoms with Crippen LogP contribution in [0.1, 0.15) is 5.82 Å². The number of aromatic nitrogens is 4. The lowest BCUT2D eigenvalue weighted by Gasteiger charge is -2.02. The van der Waals surface area contributed by atoms with E-state index in [1.54, 1.807) is 28.3 Å². The first-order valence-corrected chi connectivity index (χ1v) is 5.40. The summed E-state index contributed by atoms with van der Waals surface area (Å²) in [4.78, 5) is 12.3. The van der Waals surface area contributed by atoms with E-state index in [4.69, 9.17) is 5.26 Å². The topological polar surface area (TPSA) is 67.4 Å². The zero-order valence-corrected chi connectivity index (χ0v) is 8.85. The number of imidazole rings is 1. The largest absolute Gasteiger partial charge is 0.274 e. The van der Waals surface area contributed by atoms with Crippen LogP contribution in [-0.4, -0.2) is 19.5 Å².